The maximum absolute atomic E-state index is 5.02. The van der Waals surface area contributed by atoms with Gasteiger partial charge in [0, 0.05) is 10.9 Å². The summed E-state index contributed by atoms with van der Waals surface area (Å²) in [5, 5.41) is 1.17. The summed E-state index contributed by atoms with van der Waals surface area (Å²) in [6, 6.07) is 40.2. The number of hydrogen-bond acceptors (Lipinski definition) is 1. The first-order valence-corrected chi connectivity index (χ1v) is 9.49. The van der Waals surface area contributed by atoms with E-state index in [9.17, 15) is 0 Å². The number of rotatable bonds is 3. The van der Waals surface area contributed by atoms with Crippen molar-refractivity contribution in [1.29, 1.82) is 0 Å². The Morgan fingerprint density at radius 1 is 0.429 bits per heavy atom. The smallest absolute Gasteiger partial charge is 0.0721 e. The van der Waals surface area contributed by atoms with Crippen LogP contribution in [0, 0.1) is 0 Å². The quantitative estimate of drug-likeness (QED) is 0.332. The molecule has 5 aromatic rings. The minimum absolute atomic E-state index is 0.997. The van der Waals surface area contributed by atoms with Crippen molar-refractivity contribution < 1.29 is 0 Å². The first kappa shape index (κ1) is 16.5. The molecule has 1 heteroatoms. The molecule has 0 aliphatic heterocycles. The third kappa shape index (κ3) is 3.08. The van der Waals surface area contributed by atoms with Gasteiger partial charge in [-0.1, -0.05) is 103 Å². The summed E-state index contributed by atoms with van der Waals surface area (Å²) in [4.78, 5) is 5.02. The molecule has 1 aromatic heterocycles. The first-order chi connectivity index (χ1) is 13.9. The molecule has 1 nitrogen and oxygen atoms in total. The van der Waals surface area contributed by atoms with E-state index in [-0.39, 0.29) is 0 Å². The number of benzene rings is 4. The highest BCUT2D eigenvalue weighted by Crippen LogP contribution is 2.34. The molecule has 0 saturated carbocycles. The van der Waals surface area contributed by atoms with Crippen LogP contribution in [0.4, 0.5) is 0 Å². The highest BCUT2D eigenvalue weighted by Gasteiger charge is 2.10. The third-order valence-electron chi connectivity index (χ3n) is 5.07. The third-order valence-corrected chi connectivity index (χ3v) is 5.07. The van der Waals surface area contributed by atoms with Gasteiger partial charge in [0.2, 0.25) is 0 Å². The zero-order valence-corrected chi connectivity index (χ0v) is 15.4. The largest absolute Gasteiger partial charge is 0.248 e. The van der Waals surface area contributed by atoms with Gasteiger partial charge in [-0.2, -0.15) is 0 Å². The van der Waals surface area contributed by atoms with E-state index in [0.717, 1.165) is 16.8 Å². The summed E-state index contributed by atoms with van der Waals surface area (Å²) in [5.41, 5.74) is 7.96. The van der Waals surface area contributed by atoms with E-state index in [1.54, 1.807) is 0 Å². The minimum Gasteiger partial charge on any atom is -0.248 e. The summed E-state index contributed by atoms with van der Waals surface area (Å²) in [5.74, 6) is 0. The van der Waals surface area contributed by atoms with Crippen molar-refractivity contribution in [2.24, 2.45) is 0 Å². The van der Waals surface area contributed by atoms with Gasteiger partial charge >= 0.3 is 0 Å². The molecular weight excluding hydrogens is 338 g/mol. The fourth-order valence-electron chi connectivity index (χ4n) is 3.65. The second kappa shape index (κ2) is 7.13. The maximum Gasteiger partial charge on any atom is 0.0721 e. The van der Waals surface area contributed by atoms with Gasteiger partial charge in [-0.25, -0.2) is 4.98 Å². The fourth-order valence-corrected chi connectivity index (χ4v) is 3.65. The van der Waals surface area contributed by atoms with Crippen LogP contribution in [-0.4, -0.2) is 4.98 Å². The van der Waals surface area contributed by atoms with E-state index >= 15 is 0 Å². The first-order valence-electron chi connectivity index (χ1n) is 9.49. The molecule has 0 bridgehead atoms. The van der Waals surface area contributed by atoms with Gasteiger partial charge in [-0.05, 0) is 34.4 Å². The minimum atomic E-state index is 0.997. The van der Waals surface area contributed by atoms with E-state index in [1.807, 2.05) is 12.1 Å². The molecule has 0 unspecified atom stereocenters. The van der Waals surface area contributed by atoms with Crippen LogP contribution in [0.3, 0.4) is 0 Å². The second-order valence-electron chi connectivity index (χ2n) is 6.89. The van der Waals surface area contributed by atoms with E-state index in [4.69, 9.17) is 4.98 Å². The Balaban J connectivity index is 1.77. The highest BCUT2D eigenvalue weighted by molar-refractivity contribution is 5.98. The Morgan fingerprint density at radius 3 is 1.64 bits per heavy atom. The van der Waals surface area contributed by atoms with Crippen molar-refractivity contribution in [1.82, 2.24) is 4.98 Å². The predicted molar refractivity (Wildman–Crippen MR) is 118 cm³/mol. The normalized spacial score (nSPS) is 10.9. The van der Waals surface area contributed by atoms with Gasteiger partial charge in [-0.3, -0.25) is 0 Å². The van der Waals surface area contributed by atoms with Gasteiger partial charge in [-0.15, -0.1) is 0 Å². The number of aromatic nitrogens is 1. The summed E-state index contributed by atoms with van der Waals surface area (Å²) in [6.07, 6.45) is 0. The Morgan fingerprint density at radius 2 is 1.00 bits per heavy atom. The number of fused-ring (bicyclic) bond motifs is 1. The second-order valence-corrected chi connectivity index (χ2v) is 6.89. The van der Waals surface area contributed by atoms with E-state index in [0.29, 0.717) is 0 Å². The van der Waals surface area contributed by atoms with Crippen LogP contribution in [0.25, 0.3) is 44.4 Å². The van der Waals surface area contributed by atoms with Crippen LogP contribution in [0.15, 0.2) is 115 Å². The van der Waals surface area contributed by atoms with Gasteiger partial charge in [0.15, 0.2) is 0 Å². The summed E-state index contributed by atoms with van der Waals surface area (Å²) in [7, 11) is 0. The van der Waals surface area contributed by atoms with E-state index in [1.165, 1.54) is 27.6 Å². The van der Waals surface area contributed by atoms with Gasteiger partial charge in [0.05, 0.1) is 11.2 Å². The Hall–Kier alpha value is -3.71. The molecule has 0 N–H and O–H groups in total. The average Bonchev–Trinajstić information content (AvgIpc) is 2.79. The zero-order chi connectivity index (χ0) is 18.8. The van der Waals surface area contributed by atoms with Crippen LogP contribution >= 0.6 is 0 Å². The number of nitrogens with zero attached hydrogens (tertiary/aromatic N) is 1. The molecule has 0 saturated heterocycles. The summed E-state index contributed by atoms with van der Waals surface area (Å²) >= 11 is 0. The lowest BCUT2D eigenvalue weighted by atomic mass is 9.96. The molecule has 4 aromatic carbocycles. The van der Waals surface area contributed by atoms with Crippen molar-refractivity contribution in [2.45, 2.75) is 0 Å². The molecule has 132 valence electrons. The Labute approximate surface area is 165 Å². The molecule has 0 atom stereocenters. The lowest BCUT2D eigenvalue weighted by molar-refractivity contribution is 1.40. The van der Waals surface area contributed by atoms with Crippen LogP contribution in [0.2, 0.25) is 0 Å². The molecule has 5 rings (SSSR count). The average molecular weight is 357 g/mol. The van der Waals surface area contributed by atoms with Gasteiger partial charge in [0.1, 0.15) is 0 Å². The topological polar surface area (TPSA) is 12.9 Å². The summed E-state index contributed by atoms with van der Waals surface area (Å²) < 4.78 is 0. The molecule has 0 amide bonds. The van der Waals surface area contributed by atoms with Crippen molar-refractivity contribution in [2.75, 3.05) is 0 Å². The number of hydrogen-bond donors (Lipinski definition) is 0. The molecule has 28 heavy (non-hydrogen) atoms. The van der Waals surface area contributed by atoms with Gasteiger partial charge in [0.25, 0.3) is 0 Å². The predicted octanol–water partition coefficient (Wildman–Crippen LogP) is 7.24. The van der Waals surface area contributed by atoms with Crippen molar-refractivity contribution in [3.05, 3.63) is 115 Å². The SMILES string of the molecule is c1ccc(-c2ccc3c(-c4ccccc4)cc(-c4ccccc4)nc3c2)cc1. The molecule has 0 radical (unpaired) electrons. The zero-order valence-electron chi connectivity index (χ0n) is 15.4. The Kier molecular flexibility index (Phi) is 4.19. The van der Waals surface area contributed by atoms with Crippen LogP contribution in [0.1, 0.15) is 0 Å². The molecular formula is C27H19N. The molecule has 0 spiro atoms. The molecule has 0 aliphatic carbocycles. The van der Waals surface area contributed by atoms with Crippen LogP contribution in [-0.2, 0) is 0 Å². The number of pyridine rings is 1. The van der Waals surface area contributed by atoms with Crippen LogP contribution in [0.5, 0.6) is 0 Å². The Bertz CT molecular complexity index is 1220. The standard InChI is InChI=1S/C27H19N/c1-4-10-20(11-5-1)23-16-17-24-25(21-12-6-2-7-13-21)19-26(28-27(24)18-23)22-14-8-3-9-15-22/h1-19H. The van der Waals surface area contributed by atoms with Crippen molar-refractivity contribution in [3.63, 3.8) is 0 Å². The molecule has 0 fully saturated rings. The lowest BCUT2D eigenvalue weighted by Crippen LogP contribution is -1.90. The molecule has 0 aliphatic rings. The molecule has 1 heterocycles. The lowest BCUT2D eigenvalue weighted by Gasteiger charge is -2.12. The van der Waals surface area contributed by atoms with Crippen molar-refractivity contribution >= 4 is 10.9 Å². The summed E-state index contributed by atoms with van der Waals surface area (Å²) in [6.45, 7) is 0. The van der Waals surface area contributed by atoms with Gasteiger partial charge < -0.3 is 0 Å². The maximum atomic E-state index is 5.02. The highest BCUT2D eigenvalue weighted by atomic mass is 14.7. The monoisotopic (exact) mass is 357 g/mol. The van der Waals surface area contributed by atoms with Crippen molar-refractivity contribution in [3.8, 4) is 33.5 Å². The fraction of sp³-hybridized carbons (Fsp3) is 0. The van der Waals surface area contributed by atoms with E-state index in [2.05, 4.69) is 103 Å². The van der Waals surface area contributed by atoms with E-state index < -0.39 is 0 Å². The van der Waals surface area contributed by atoms with Crippen LogP contribution < -0.4 is 0 Å².